The molecule has 0 saturated heterocycles. The standard InChI is InChI=1S/C11H19N3/c1-9(8-12)11(14(2)3)10-4-6-13-7-5-10/h4-7,9,11H,8,12H2,1-3H3. The van der Waals surface area contributed by atoms with Crippen molar-refractivity contribution in [3.8, 4) is 0 Å². The van der Waals surface area contributed by atoms with Crippen molar-refractivity contribution in [1.29, 1.82) is 0 Å². The molecule has 0 aromatic carbocycles. The van der Waals surface area contributed by atoms with Crippen molar-refractivity contribution in [2.75, 3.05) is 20.6 Å². The minimum atomic E-state index is 0.378. The second kappa shape index (κ2) is 5.08. The summed E-state index contributed by atoms with van der Waals surface area (Å²) in [7, 11) is 4.16. The fourth-order valence-corrected chi connectivity index (χ4v) is 1.83. The Bertz CT molecular complexity index is 258. The molecule has 1 rings (SSSR count). The van der Waals surface area contributed by atoms with E-state index in [-0.39, 0.29) is 0 Å². The number of pyridine rings is 1. The fourth-order valence-electron chi connectivity index (χ4n) is 1.83. The minimum absolute atomic E-state index is 0.378. The molecule has 2 unspecified atom stereocenters. The Morgan fingerprint density at radius 1 is 1.36 bits per heavy atom. The van der Waals surface area contributed by atoms with Gasteiger partial charge in [-0.1, -0.05) is 6.92 Å². The van der Waals surface area contributed by atoms with Crippen LogP contribution in [0.3, 0.4) is 0 Å². The summed E-state index contributed by atoms with van der Waals surface area (Å²) >= 11 is 0. The first-order valence-electron chi connectivity index (χ1n) is 4.93. The van der Waals surface area contributed by atoms with E-state index in [1.54, 1.807) is 0 Å². The molecule has 3 nitrogen and oxygen atoms in total. The van der Waals surface area contributed by atoms with E-state index < -0.39 is 0 Å². The summed E-state index contributed by atoms with van der Waals surface area (Å²) in [6, 6.07) is 4.48. The Labute approximate surface area is 85.9 Å². The Kier molecular flexibility index (Phi) is 4.04. The van der Waals surface area contributed by atoms with Crippen molar-refractivity contribution in [3.05, 3.63) is 30.1 Å². The maximum Gasteiger partial charge on any atom is 0.0380 e. The monoisotopic (exact) mass is 193 g/mol. The summed E-state index contributed by atoms with van der Waals surface area (Å²) in [5.74, 6) is 0.451. The molecule has 0 radical (unpaired) electrons. The predicted octanol–water partition coefficient (Wildman–Crippen LogP) is 1.28. The molecule has 0 bridgehead atoms. The van der Waals surface area contributed by atoms with Crippen molar-refractivity contribution in [1.82, 2.24) is 9.88 Å². The van der Waals surface area contributed by atoms with Gasteiger partial charge >= 0.3 is 0 Å². The van der Waals surface area contributed by atoms with Gasteiger partial charge in [-0.3, -0.25) is 4.98 Å². The van der Waals surface area contributed by atoms with E-state index in [0.29, 0.717) is 18.5 Å². The summed E-state index contributed by atoms with van der Waals surface area (Å²) in [6.07, 6.45) is 3.66. The highest BCUT2D eigenvalue weighted by molar-refractivity contribution is 5.15. The van der Waals surface area contributed by atoms with Crippen LogP contribution in [0.15, 0.2) is 24.5 Å². The van der Waals surface area contributed by atoms with E-state index in [4.69, 9.17) is 5.73 Å². The molecule has 14 heavy (non-hydrogen) atoms. The highest BCUT2D eigenvalue weighted by Crippen LogP contribution is 2.25. The summed E-state index contributed by atoms with van der Waals surface area (Å²) in [4.78, 5) is 6.22. The van der Waals surface area contributed by atoms with E-state index in [1.165, 1.54) is 5.56 Å². The smallest absolute Gasteiger partial charge is 0.0380 e. The molecule has 0 spiro atoms. The first-order valence-corrected chi connectivity index (χ1v) is 4.93. The maximum absolute atomic E-state index is 5.71. The molecule has 1 aromatic rings. The van der Waals surface area contributed by atoms with Gasteiger partial charge in [-0.15, -0.1) is 0 Å². The van der Waals surface area contributed by atoms with E-state index in [1.807, 2.05) is 12.4 Å². The quantitative estimate of drug-likeness (QED) is 0.783. The molecule has 0 amide bonds. The highest BCUT2D eigenvalue weighted by atomic mass is 15.1. The molecule has 0 aliphatic carbocycles. The van der Waals surface area contributed by atoms with Crippen molar-refractivity contribution in [2.24, 2.45) is 11.7 Å². The van der Waals surface area contributed by atoms with Crippen LogP contribution in [-0.2, 0) is 0 Å². The van der Waals surface area contributed by atoms with Crippen LogP contribution in [0, 0.1) is 5.92 Å². The van der Waals surface area contributed by atoms with Crippen molar-refractivity contribution in [3.63, 3.8) is 0 Å². The lowest BCUT2D eigenvalue weighted by molar-refractivity contribution is 0.227. The number of hydrogen-bond donors (Lipinski definition) is 1. The zero-order valence-electron chi connectivity index (χ0n) is 9.14. The van der Waals surface area contributed by atoms with Crippen LogP contribution in [0.25, 0.3) is 0 Å². The Morgan fingerprint density at radius 3 is 2.36 bits per heavy atom. The molecular formula is C11H19N3. The van der Waals surface area contributed by atoms with Gasteiger partial charge in [-0.05, 0) is 44.3 Å². The van der Waals surface area contributed by atoms with Gasteiger partial charge in [0.2, 0.25) is 0 Å². The van der Waals surface area contributed by atoms with E-state index in [0.717, 1.165) is 0 Å². The maximum atomic E-state index is 5.71. The lowest BCUT2D eigenvalue weighted by Gasteiger charge is -2.29. The zero-order valence-corrected chi connectivity index (χ0v) is 9.14. The number of nitrogens with zero attached hydrogens (tertiary/aromatic N) is 2. The molecule has 2 atom stereocenters. The molecule has 2 N–H and O–H groups in total. The van der Waals surface area contributed by atoms with Gasteiger partial charge in [0.05, 0.1) is 0 Å². The largest absolute Gasteiger partial charge is 0.330 e. The van der Waals surface area contributed by atoms with Crippen molar-refractivity contribution in [2.45, 2.75) is 13.0 Å². The van der Waals surface area contributed by atoms with Gasteiger partial charge in [-0.2, -0.15) is 0 Å². The summed E-state index contributed by atoms with van der Waals surface area (Å²) in [6.45, 7) is 2.87. The van der Waals surface area contributed by atoms with Crippen LogP contribution in [0.1, 0.15) is 18.5 Å². The molecule has 0 saturated carbocycles. The average Bonchev–Trinajstić information content (AvgIpc) is 2.19. The van der Waals surface area contributed by atoms with E-state index in [9.17, 15) is 0 Å². The van der Waals surface area contributed by atoms with Gasteiger partial charge in [0, 0.05) is 18.4 Å². The normalized spacial score (nSPS) is 15.5. The van der Waals surface area contributed by atoms with Crippen molar-refractivity contribution >= 4 is 0 Å². The lowest BCUT2D eigenvalue weighted by atomic mass is 9.94. The number of hydrogen-bond acceptors (Lipinski definition) is 3. The Hall–Kier alpha value is -0.930. The van der Waals surface area contributed by atoms with Gasteiger partial charge in [-0.25, -0.2) is 0 Å². The molecule has 0 fully saturated rings. The molecule has 78 valence electrons. The third-order valence-corrected chi connectivity index (χ3v) is 2.51. The first-order chi connectivity index (χ1) is 6.66. The third-order valence-electron chi connectivity index (χ3n) is 2.51. The van der Waals surface area contributed by atoms with Crippen LogP contribution in [0.5, 0.6) is 0 Å². The van der Waals surface area contributed by atoms with Gasteiger partial charge in [0.15, 0.2) is 0 Å². The Morgan fingerprint density at radius 2 is 1.93 bits per heavy atom. The summed E-state index contributed by atoms with van der Waals surface area (Å²) < 4.78 is 0. The molecule has 0 aliphatic heterocycles. The molecule has 1 heterocycles. The van der Waals surface area contributed by atoms with Gasteiger partial charge in [0.25, 0.3) is 0 Å². The summed E-state index contributed by atoms with van der Waals surface area (Å²) in [5.41, 5.74) is 6.99. The van der Waals surface area contributed by atoms with Crippen LogP contribution >= 0.6 is 0 Å². The van der Waals surface area contributed by atoms with Crippen LogP contribution in [0.2, 0.25) is 0 Å². The highest BCUT2D eigenvalue weighted by Gasteiger charge is 2.19. The van der Waals surface area contributed by atoms with E-state index in [2.05, 4.69) is 43.0 Å². The predicted molar refractivity (Wildman–Crippen MR) is 58.9 cm³/mol. The third kappa shape index (κ3) is 2.53. The summed E-state index contributed by atoms with van der Waals surface area (Å²) in [5, 5.41) is 0. The fraction of sp³-hybridized carbons (Fsp3) is 0.545. The molecule has 1 aromatic heterocycles. The SMILES string of the molecule is CC(CN)C(c1ccncc1)N(C)C. The second-order valence-corrected chi connectivity index (χ2v) is 3.90. The minimum Gasteiger partial charge on any atom is -0.330 e. The van der Waals surface area contributed by atoms with Crippen LogP contribution in [-0.4, -0.2) is 30.5 Å². The first kappa shape index (κ1) is 11.1. The van der Waals surface area contributed by atoms with Gasteiger partial charge in [0.1, 0.15) is 0 Å². The number of nitrogens with two attached hydrogens (primary N) is 1. The Balaban J connectivity index is 2.89. The van der Waals surface area contributed by atoms with Crippen LogP contribution in [0.4, 0.5) is 0 Å². The second-order valence-electron chi connectivity index (χ2n) is 3.90. The molecular weight excluding hydrogens is 174 g/mol. The van der Waals surface area contributed by atoms with Crippen LogP contribution < -0.4 is 5.73 Å². The molecule has 3 heteroatoms. The zero-order chi connectivity index (χ0) is 10.6. The van der Waals surface area contributed by atoms with Gasteiger partial charge < -0.3 is 10.6 Å². The molecule has 0 aliphatic rings. The number of aromatic nitrogens is 1. The lowest BCUT2D eigenvalue weighted by Crippen LogP contribution is -2.30. The topological polar surface area (TPSA) is 42.1 Å². The van der Waals surface area contributed by atoms with Crippen molar-refractivity contribution < 1.29 is 0 Å². The average molecular weight is 193 g/mol. The number of rotatable bonds is 4. The van der Waals surface area contributed by atoms with E-state index >= 15 is 0 Å².